The SMILES string of the molecule is CCOC(=O)CCCNCc1n[nH]nc1-c1ccccc1. The predicted molar refractivity (Wildman–Crippen MR) is 79.4 cm³/mol. The summed E-state index contributed by atoms with van der Waals surface area (Å²) >= 11 is 0. The number of ether oxygens (including phenoxy) is 1. The Balaban J connectivity index is 1.77. The van der Waals surface area contributed by atoms with Crippen molar-refractivity contribution in [3.63, 3.8) is 0 Å². The monoisotopic (exact) mass is 288 g/mol. The Bertz CT molecular complexity index is 554. The molecule has 6 heteroatoms. The summed E-state index contributed by atoms with van der Waals surface area (Å²) in [5.41, 5.74) is 2.76. The first-order valence-electron chi connectivity index (χ1n) is 7.12. The van der Waals surface area contributed by atoms with E-state index in [1.807, 2.05) is 37.3 Å². The highest BCUT2D eigenvalue weighted by Gasteiger charge is 2.09. The van der Waals surface area contributed by atoms with Crippen LogP contribution in [-0.4, -0.2) is 34.5 Å². The van der Waals surface area contributed by atoms with E-state index in [1.54, 1.807) is 0 Å². The zero-order chi connectivity index (χ0) is 14.9. The van der Waals surface area contributed by atoms with Crippen LogP contribution in [0.15, 0.2) is 30.3 Å². The van der Waals surface area contributed by atoms with Gasteiger partial charge in [0.25, 0.3) is 0 Å². The van der Waals surface area contributed by atoms with E-state index in [9.17, 15) is 4.79 Å². The molecule has 0 saturated heterocycles. The quantitative estimate of drug-likeness (QED) is 0.573. The summed E-state index contributed by atoms with van der Waals surface area (Å²) in [5.74, 6) is -0.147. The van der Waals surface area contributed by atoms with Crippen molar-refractivity contribution in [3.05, 3.63) is 36.0 Å². The van der Waals surface area contributed by atoms with Crippen molar-refractivity contribution in [2.75, 3.05) is 13.2 Å². The van der Waals surface area contributed by atoms with E-state index in [4.69, 9.17) is 4.74 Å². The molecule has 1 aromatic heterocycles. The van der Waals surface area contributed by atoms with Crippen LogP contribution in [0, 0.1) is 0 Å². The number of H-pyrrole nitrogens is 1. The Hall–Kier alpha value is -2.21. The van der Waals surface area contributed by atoms with Gasteiger partial charge in [-0.3, -0.25) is 4.79 Å². The van der Waals surface area contributed by atoms with Crippen LogP contribution in [0.4, 0.5) is 0 Å². The van der Waals surface area contributed by atoms with E-state index >= 15 is 0 Å². The van der Waals surface area contributed by atoms with Crippen LogP contribution in [0.25, 0.3) is 11.3 Å². The third kappa shape index (κ3) is 4.68. The van der Waals surface area contributed by atoms with Crippen molar-refractivity contribution >= 4 is 5.97 Å². The van der Waals surface area contributed by atoms with Crippen molar-refractivity contribution in [1.29, 1.82) is 0 Å². The van der Waals surface area contributed by atoms with Gasteiger partial charge >= 0.3 is 5.97 Å². The summed E-state index contributed by atoms with van der Waals surface area (Å²) in [6.45, 7) is 3.60. The molecule has 112 valence electrons. The van der Waals surface area contributed by atoms with Crippen LogP contribution in [0.5, 0.6) is 0 Å². The van der Waals surface area contributed by atoms with Crippen LogP contribution < -0.4 is 5.32 Å². The molecule has 0 fully saturated rings. The minimum atomic E-state index is -0.147. The van der Waals surface area contributed by atoms with Crippen LogP contribution in [-0.2, 0) is 16.1 Å². The lowest BCUT2D eigenvalue weighted by atomic mass is 10.1. The molecule has 0 aliphatic rings. The summed E-state index contributed by atoms with van der Waals surface area (Å²) in [5, 5.41) is 14.3. The first kappa shape index (κ1) is 15.2. The number of esters is 1. The molecule has 2 N–H and O–H groups in total. The minimum absolute atomic E-state index is 0.147. The fourth-order valence-corrected chi connectivity index (χ4v) is 2.00. The topological polar surface area (TPSA) is 79.9 Å². The second-order valence-corrected chi connectivity index (χ2v) is 4.57. The number of aromatic nitrogens is 3. The molecule has 1 aromatic carbocycles. The highest BCUT2D eigenvalue weighted by molar-refractivity contribution is 5.69. The van der Waals surface area contributed by atoms with Gasteiger partial charge in [0, 0.05) is 18.5 Å². The van der Waals surface area contributed by atoms with E-state index in [0.717, 1.165) is 29.9 Å². The van der Waals surface area contributed by atoms with Gasteiger partial charge in [0.1, 0.15) is 11.4 Å². The first-order valence-corrected chi connectivity index (χ1v) is 7.12. The van der Waals surface area contributed by atoms with Gasteiger partial charge in [0.05, 0.1) is 6.61 Å². The normalized spacial score (nSPS) is 10.5. The lowest BCUT2D eigenvalue weighted by Crippen LogP contribution is -2.17. The molecule has 21 heavy (non-hydrogen) atoms. The fraction of sp³-hybridized carbons (Fsp3) is 0.400. The van der Waals surface area contributed by atoms with Gasteiger partial charge in [0.2, 0.25) is 0 Å². The molecule has 0 radical (unpaired) electrons. The smallest absolute Gasteiger partial charge is 0.305 e. The maximum Gasteiger partial charge on any atom is 0.305 e. The van der Waals surface area contributed by atoms with E-state index in [0.29, 0.717) is 19.6 Å². The third-order valence-electron chi connectivity index (χ3n) is 3.00. The maximum absolute atomic E-state index is 11.2. The second-order valence-electron chi connectivity index (χ2n) is 4.57. The molecular weight excluding hydrogens is 268 g/mol. The molecule has 0 aliphatic carbocycles. The third-order valence-corrected chi connectivity index (χ3v) is 3.00. The number of hydrogen-bond acceptors (Lipinski definition) is 5. The zero-order valence-electron chi connectivity index (χ0n) is 12.1. The van der Waals surface area contributed by atoms with Gasteiger partial charge in [-0.1, -0.05) is 30.3 Å². The van der Waals surface area contributed by atoms with Gasteiger partial charge in [0.15, 0.2) is 0 Å². The molecule has 6 nitrogen and oxygen atoms in total. The minimum Gasteiger partial charge on any atom is -0.466 e. The summed E-state index contributed by atoms with van der Waals surface area (Å²) < 4.78 is 4.88. The van der Waals surface area contributed by atoms with Gasteiger partial charge in [-0.25, -0.2) is 0 Å². The summed E-state index contributed by atoms with van der Waals surface area (Å²) in [6, 6.07) is 9.92. The Morgan fingerprint density at radius 3 is 2.86 bits per heavy atom. The van der Waals surface area contributed by atoms with Crippen LogP contribution >= 0.6 is 0 Å². The number of benzene rings is 1. The number of nitrogens with zero attached hydrogens (tertiary/aromatic N) is 2. The highest BCUT2D eigenvalue weighted by Crippen LogP contribution is 2.18. The average molecular weight is 288 g/mol. The Morgan fingerprint density at radius 2 is 2.10 bits per heavy atom. The number of nitrogens with one attached hydrogen (secondary N) is 2. The second kappa shape index (κ2) is 8.16. The van der Waals surface area contributed by atoms with E-state index in [1.165, 1.54) is 0 Å². The molecule has 2 aromatic rings. The zero-order valence-corrected chi connectivity index (χ0v) is 12.1. The van der Waals surface area contributed by atoms with Crippen LogP contribution in [0.3, 0.4) is 0 Å². The van der Waals surface area contributed by atoms with Gasteiger partial charge in [-0.2, -0.15) is 15.4 Å². The van der Waals surface area contributed by atoms with Crippen LogP contribution in [0.2, 0.25) is 0 Å². The van der Waals surface area contributed by atoms with Crippen molar-refractivity contribution in [1.82, 2.24) is 20.7 Å². The molecular formula is C15H20N4O2. The van der Waals surface area contributed by atoms with Crippen molar-refractivity contribution in [2.24, 2.45) is 0 Å². The number of rotatable bonds is 8. The number of hydrogen-bond donors (Lipinski definition) is 2. The number of aromatic amines is 1. The molecule has 0 aliphatic heterocycles. The van der Waals surface area contributed by atoms with Gasteiger partial charge < -0.3 is 10.1 Å². The van der Waals surface area contributed by atoms with Crippen molar-refractivity contribution in [2.45, 2.75) is 26.3 Å². The van der Waals surface area contributed by atoms with E-state index < -0.39 is 0 Å². The fourth-order valence-electron chi connectivity index (χ4n) is 2.00. The molecule has 0 atom stereocenters. The Morgan fingerprint density at radius 1 is 1.29 bits per heavy atom. The lowest BCUT2D eigenvalue weighted by Gasteiger charge is -2.04. The lowest BCUT2D eigenvalue weighted by molar-refractivity contribution is -0.143. The molecule has 2 rings (SSSR count). The average Bonchev–Trinajstić information content (AvgIpc) is 2.96. The van der Waals surface area contributed by atoms with Gasteiger partial charge in [-0.05, 0) is 19.9 Å². The van der Waals surface area contributed by atoms with Crippen LogP contribution in [0.1, 0.15) is 25.5 Å². The molecule has 1 heterocycles. The van der Waals surface area contributed by atoms with Gasteiger partial charge in [-0.15, -0.1) is 0 Å². The largest absolute Gasteiger partial charge is 0.466 e. The predicted octanol–water partition coefficient (Wildman–Crippen LogP) is 1.90. The van der Waals surface area contributed by atoms with E-state index in [-0.39, 0.29) is 5.97 Å². The maximum atomic E-state index is 11.2. The number of carbonyl (C=O) groups is 1. The van der Waals surface area contributed by atoms with Crippen molar-refractivity contribution in [3.8, 4) is 11.3 Å². The molecule has 0 unspecified atom stereocenters. The molecule has 0 amide bonds. The van der Waals surface area contributed by atoms with E-state index in [2.05, 4.69) is 20.7 Å². The standard InChI is InChI=1S/C15H20N4O2/c1-2-21-14(20)9-6-10-16-11-13-15(18-19-17-13)12-7-4-3-5-8-12/h3-5,7-8,16H,2,6,9-11H2,1H3,(H,17,18,19). The summed E-state index contributed by atoms with van der Waals surface area (Å²) in [4.78, 5) is 11.2. The Labute approximate surface area is 123 Å². The Kier molecular flexibility index (Phi) is 5.90. The highest BCUT2D eigenvalue weighted by atomic mass is 16.5. The summed E-state index contributed by atoms with van der Waals surface area (Å²) in [6.07, 6.45) is 1.18. The summed E-state index contributed by atoms with van der Waals surface area (Å²) in [7, 11) is 0. The molecule has 0 saturated carbocycles. The van der Waals surface area contributed by atoms with Crippen molar-refractivity contribution < 1.29 is 9.53 Å². The molecule has 0 bridgehead atoms. The number of carbonyl (C=O) groups excluding carboxylic acids is 1. The molecule has 0 spiro atoms. The first-order chi connectivity index (χ1) is 10.3.